The van der Waals surface area contributed by atoms with E-state index < -0.39 is 56.1 Å². The summed E-state index contributed by atoms with van der Waals surface area (Å²) in [6.45, 7) is 0. The Bertz CT molecular complexity index is 2210. The third-order valence-corrected chi connectivity index (χ3v) is 8.49. The maximum Gasteiger partial charge on any atom is 0.296 e. The SMILES string of the molecule is O=S(=O)(O)c1cc(S(=O)(=O)O)c2ccc(S(=O)(=O)O)c(N=Nc3ccccc3/C=C\c3nc4ccccc4[nH]3)c2c1. The maximum absolute atomic E-state index is 12.2. The van der Waals surface area contributed by atoms with Crippen LogP contribution in [0.5, 0.6) is 0 Å². The molecule has 16 heteroatoms. The number of azo groups is 1. The van der Waals surface area contributed by atoms with Crippen molar-refractivity contribution in [3.63, 3.8) is 0 Å². The lowest BCUT2D eigenvalue weighted by molar-refractivity contribution is 0.480. The van der Waals surface area contributed by atoms with E-state index in [1.165, 1.54) is 6.07 Å². The summed E-state index contributed by atoms with van der Waals surface area (Å²) in [5, 5.41) is 7.22. The molecule has 0 bridgehead atoms. The molecule has 1 heterocycles. The van der Waals surface area contributed by atoms with E-state index in [4.69, 9.17) is 0 Å². The van der Waals surface area contributed by atoms with Crippen molar-refractivity contribution in [3.8, 4) is 0 Å². The maximum atomic E-state index is 12.2. The van der Waals surface area contributed by atoms with E-state index in [9.17, 15) is 38.9 Å². The van der Waals surface area contributed by atoms with Crippen molar-refractivity contribution >= 4 is 75.7 Å². The number of fused-ring (bicyclic) bond motifs is 2. The highest BCUT2D eigenvalue weighted by molar-refractivity contribution is 7.87. The van der Waals surface area contributed by atoms with Crippen LogP contribution in [0.4, 0.5) is 11.4 Å². The zero-order chi connectivity index (χ0) is 29.6. The summed E-state index contributed by atoms with van der Waals surface area (Å²) in [6.07, 6.45) is 3.33. The van der Waals surface area contributed by atoms with Gasteiger partial charge in [-0.2, -0.15) is 25.3 Å². The number of benzene rings is 4. The lowest BCUT2D eigenvalue weighted by Gasteiger charge is -2.11. The van der Waals surface area contributed by atoms with Gasteiger partial charge in [0, 0.05) is 16.3 Å². The number of H-pyrrole nitrogens is 1. The van der Waals surface area contributed by atoms with Crippen LogP contribution in [0, 0.1) is 0 Å². The predicted octanol–water partition coefficient (Wildman–Crippen LogP) is 5.04. The highest BCUT2D eigenvalue weighted by Gasteiger charge is 2.25. The van der Waals surface area contributed by atoms with Gasteiger partial charge in [0.15, 0.2) is 0 Å². The molecule has 0 saturated carbocycles. The summed E-state index contributed by atoms with van der Waals surface area (Å²) < 4.78 is 101. The fraction of sp³-hybridized carbons (Fsp3) is 0. The second-order valence-corrected chi connectivity index (χ2v) is 12.8. The molecule has 1 aromatic heterocycles. The summed E-state index contributed by atoms with van der Waals surface area (Å²) in [5.41, 5.74) is 1.64. The Morgan fingerprint density at radius 3 is 2.05 bits per heavy atom. The van der Waals surface area contributed by atoms with Crippen molar-refractivity contribution in [2.45, 2.75) is 14.7 Å². The topological polar surface area (TPSA) is 217 Å². The van der Waals surface area contributed by atoms with Crippen molar-refractivity contribution in [2.75, 3.05) is 0 Å². The Kier molecular flexibility index (Phi) is 7.06. The third-order valence-electron chi connectivity index (χ3n) is 5.88. The third kappa shape index (κ3) is 5.92. The van der Waals surface area contributed by atoms with Crippen molar-refractivity contribution in [1.29, 1.82) is 0 Å². The van der Waals surface area contributed by atoms with Gasteiger partial charge in [0.25, 0.3) is 30.4 Å². The van der Waals surface area contributed by atoms with Crippen LogP contribution in [0.1, 0.15) is 11.4 Å². The first-order valence-electron chi connectivity index (χ1n) is 11.4. The van der Waals surface area contributed by atoms with Gasteiger partial charge in [-0.15, -0.1) is 10.2 Å². The minimum absolute atomic E-state index is 0.207. The van der Waals surface area contributed by atoms with Gasteiger partial charge in [0.05, 0.1) is 21.6 Å². The van der Waals surface area contributed by atoms with Gasteiger partial charge in [-0.25, -0.2) is 4.98 Å². The molecule has 5 rings (SSSR count). The van der Waals surface area contributed by atoms with Crippen molar-refractivity contribution in [3.05, 3.63) is 84.2 Å². The molecule has 4 N–H and O–H groups in total. The van der Waals surface area contributed by atoms with Gasteiger partial charge in [-0.1, -0.05) is 36.4 Å². The number of imidazole rings is 1. The smallest absolute Gasteiger partial charge is 0.296 e. The fourth-order valence-corrected chi connectivity index (χ4v) is 6.03. The second kappa shape index (κ2) is 10.3. The number of hydrogen-bond acceptors (Lipinski definition) is 9. The molecule has 0 aliphatic rings. The second-order valence-electron chi connectivity index (χ2n) is 8.59. The van der Waals surface area contributed by atoms with Crippen molar-refractivity contribution in [1.82, 2.24) is 9.97 Å². The van der Waals surface area contributed by atoms with Crippen molar-refractivity contribution < 1.29 is 38.9 Å². The summed E-state index contributed by atoms with van der Waals surface area (Å²) in [7, 11) is -15.1. The molecule has 13 nitrogen and oxygen atoms in total. The van der Waals surface area contributed by atoms with Crippen LogP contribution in [0.2, 0.25) is 0 Å². The molecule has 41 heavy (non-hydrogen) atoms. The van der Waals surface area contributed by atoms with E-state index in [1.54, 1.807) is 30.4 Å². The average molecular weight is 615 g/mol. The van der Waals surface area contributed by atoms with Crippen LogP contribution >= 0.6 is 0 Å². The number of para-hydroxylation sites is 2. The summed E-state index contributed by atoms with van der Waals surface area (Å²) in [6, 6.07) is 16.9. The van der Waals surface area contributed by atoms with Gasteiger partial charge < -0.3 is 4.98 Å². The lowest BCUT2D eigenvalue weighted by Crippen LogP contribution is -2.05. The van der Waals surface area contributed by atoms with Crippen LogP contribution in [0.25, 0.3) is 34.0 Å². The average Bonchev–Trinajstić information content (AvgIpc) is 3.31. The van der Waals surface area contributed by atoms with Crippen molar-refractivity contribution in [2.24, 2.45) is 10.2 Å². The molecule has 0 saturated heterocycles. The van der Waals surface area contributed by atoms with Gasteiger partial charge in [0.2, 0.25) is 0 Å². The number of nitrogens with one attached hydrogen (secondary N) is 1. The Balaban J connectivity index is 1.69. The normalized spacial score (nSPS) is 13.1. The Morgan fingerprint density at radius 2 is 1.37 bits per heavy atom. The number of aromatic amines is 1. The molecule has 0 fully saturated rings. The number of hydrogen-bond donors (Lipinski definition) is 4. The minimum Gasteiger partial charge on any atom is -0.338 e. The molecule has 210 valence electrons. The Morgan fingerprint density at radius 1 is 0.683 bits per heavy atom. The molecular weight excluding hydrogens is 596 g/mol. The van der Waals surface area contributed by atoms with Gasteiger partial charge in [0.1, 0.15) is 21.3 Å². The first-order valence-corrected chi connectivity index (χ1v) is 15.7. The highest BCUT2D eigenvalue weighted by atomic mass is 32.2. The van der Waals surface area contributed by atoms with Crippen LogP contribution in [-0.2, 0) is 30.4 Å². The number of nitrogens with zero attached hydrogens (tertiary/aromatic N) is 3. The van der Waals surface area contributed by atoms with E-state index in [0.717, 1.165) is 29.2 Å². The Hall–Kier alpha value is -4.32. The molecule has 0 aliphatic heterocycles. The van der Waals surface area contributed by atoms with Gasteiger partial charge in [-0.05, 0) is 48.6 Å². The molecule has 0 spiro atoms. The van der Waals surface area contributed by atoms with E-state index in [-0.39, 0.29) is 11.1 Å². The van der Waals surface area contributed by atoms with Crippen LogP contribution in [0.3, 0.4) is 0 Å². The largest absolute Gasteiger partial charge is 0.338 e. The summed E-state index contributed by atoms with van der Waals surface area (Å²) >= 11 is 0. The summed E-state index contributed by atoms with van der Waals surface area (Å²) in [4.78, 5) is 4.83. The number of aromatic nitrogens is 2. The summed E-state index contributed by atoms with van der Waals surface area (Å²) in [5.74, 6) is 0.538. The van der Waals surface area contributed by atoms with Crippen LogP contribution < -0.4 is 0 Å². The van der Waals surface area contributed by atoms with Crippen LogP contribution in [0.15, 0.2) is 97.7 Å². The molecule has 0 amide bonds. The quantitative estimate of drug-likeness (QED) is 0.141. The molecule has 0 unspecified atom stereocenters. The Labute approximate surface area is 233 Å². The van der Waals surface area contributed by atoms with Gasteiger partial charge >= 0.3 is 0 Å². The van der Waals surface area contributed by atoms with E-state index in [0.29, 0.717) is 17.5 Å². The van der Waals surface area contributed by atoms with Gasteiger partial charge in [-0.3, -0.25) is 13.7 Å². The molecule has 0 aliphatic carbocycles. The molecule has 5 aromatic rings. The van der Waals surface area contributed by atoms with E-state index >= 15 is 0 Å². The zero-order valence-corrected chi connectivity index (χ0v) is 22.9. The minimum atomic E-state index is -5.07. The fourth-order valence-electron chi connectivity index (χ4n) is 4.06. The van der Waals surface area contributed by atoms with E-state index in [2.05, 4.69) is 20.2 Å². The standard InChI is InChI=1S/C25H18N4O9S3/c30-39(31,32)16-13-18-17(23(14-16)41(36,37)38)10-11-22(40(33,34)35)25(18)29-28-19-6-2-1-5-15(19)9-12-24-26-20-7-3-4-8-21(20)27-24/h1-14H,(H,26,27)(H,30,31,32)(H,33,34,35)(H,36,37,38)/b12-9-,29-28?. The first-order chi connectivity index (χ1) is 19.2. The predicted molar refractivity (Wildman–Crippen MR) is 149 cm³/mol. The first kappa shape index (κ1) is 28.2. The number of rotatable bonds is 7. The molecular formula is C25H18N4O9S3. The van der Waals surface area contributed by atoms with Crippen LogP contribution in [-0.4, -0.2) is 48.9 Å². The zero-order valence-electron chi connectivity index (χ0n) is 20.4. The highest BCUT2D eigenvalue weighted by Crippen LogP contribution is 2.39. The van der Waals surface area contributed by atoms with E-state index in [1.807, 2.05) is 24.3 Å². The lowest BCUT2D eigenvalue weighted by atomic mass is 10.1. The molecule has 0 atom stereocenters. The molecule has 0 radical (unpaired) electrons. The molecule has 4 aromatic carbocycles. The monoisotopic (exact) mass is 614 g/mol.